The van der Waals surface area contributed by atoms with Crippen LogP contribution in [0.2, 0.25) is 0 Å². The Morgan fingerprint density at radius 2 is 1.55 bits per heavy atom. The molecule has 0 spiro atoms. The van der Waals surface area contributed by atoms with Crippen molar-refractivity contribution in [3.8, 4) is 0 Å². The van der Waals surface area contributed by atoms with Crippen molar-refractivity contribution >= 4 is 27.7 Å². The second kappa shape index (κ2) is 8.62. The van der Waals surface area contributed by atoms with Crippen LogP contribution in [-0.4, -0.2) is 60.3 Å². The predicted octanol–water partition coefficient (Wildman–Crippen LogP) is 1.46. The molecular formula is C24H27N3O5S. The van der Waals surface area contributed by atoms with Crippen LogP contribution >= 0.6 is 0 Å². The Morgan fingerprint density at radius 3 is 2.03 bits per heavy atom. The molecule has 4 amide bonds. The van der Waals surface area contributed by atoms with Crippen molar-refractivity contribution in [1.82, 2.24) is 15.5 Å². The molecule has 2 aliphatic heterocycles. The van der Waals surface area contributed by atoms with E-state index in [2.05, 4.69) is 10.6 Å². The van der Waals surface area contributed by atoms with E-state index in [0.29, 0.717) is 6.42 Å². The highest BCUT2D eigenvalue weighted by Gasteiger charge is 2.52. The Kier molecular flexibility index (Phi) is 6.00. The Labute approximate surface area is 193 Å². The summed E-state index contributed by atoms with van der Waals surface area (Å²) in [7, 11) is -3.21. The monoisotopic (exact) mass is 469 g/mol. The fraction of sp³-hybridized carbons (Fsp3) is 0.375. The van der Waals surface area contributed by atoms with Gasteiger partial charge in [0.1, 0.15) is 12.1 Å². The van der Waals surface area contributed by atoms with E-state index in [1.165, 1.54) is 0 Å². The molecule has 0 bridgehead atoms. The fourth-order valence-corrected chi connectivity index (χ4v) is 6.73. The molecule has 2 aliphatic rings. The van der Waals surface area contributed by atoms with Gasteiger partial charge in [0.05, 0.1) is 17.0 Å². The van der Waals surface area contributed by atoms with Gasteiger partial charge in [0.15, 0.2) is 9.84 Å². The lowest BCUT2D eigenvalue weighted by Gasteiger charge is -2.28. The molecule has 0 saturated carbocycles. The number of nitrogens with zero attached hydrogens (tertiary/aromatic N) is 1. The van der Waals surface area contributed by atoms with Crippen LogP contribution in [0.1, 0.15) is 24.5 Å². The quantitative estimate of drug-likeness (QED) is 0.596. The lowest BCUT2D eigenvalue weighted by molar-refractivity contribution is -0.135. The second-order valence-electron chi connectivity index (χ2n) is 9.18. The van der Waals surface area contributed by atoms with Gasteiger partial charge < -0.3 is 10.6 Å². The number of benzene rings is 2. The number of urea groups is 1. The lowest BCUT2D eigenvalue weighted by Crippen LogP contribution is -2.53. The second-order valence-corrected chi connectivity index (χ2v) is 11.4. The van der Waals surface area contributed by atoms with Gasteiger partial charge in [0, 0.05) is 12.8 Å². The Morgan fingerprint density at radius 1 is 1.00 bits per heavy atom. The summed E-state index contributed by atoms with van der Waals surface area (Å²) in [5, 5.41) is 5.56. The molecule has 0 aliphatic carbocycles. The zero-order valence-corrected chi connectivity index (χ0v) is 19.2. The third-order valence-corrected chi connectivity index (χ3v) is 8.09. The van der Waals surface area contributed by atoms with Gasteiger partial charge in [0.25, 0.3) is 5.91 Å². The molecule has 33 heavy (non-hydrogen) atoms. The summed E-state index contributed by atoms with van der Waals surface area (Å²) in [5.41, 5.74) is -0.352. The van der Waals surface area contributed by atoms with Crippen molar-refractivity contribution in [3.63, 3.8) is 0 Å². The molecule has 2 aromatic carbocycles. The number of hydrogen-bond donors (Lipinski definition) is 2. The first-order chi connectivity index (χ1) is 15.6. The van der Waals surface area contributed by atoms with Crippen LogP contribution < -0.4 is 10.6 Å². The van der Waals surface area contributed by atoms with Crippen molar-refractivity contribution in [1.29, 1.82) is 0 Å². The zero-order valence-electron chi connectivity index (χ0n) is 18.4. The summed E-state index contributed by atoms with van der Waals surface area (Å²) in [6, 6.07) is 18.2. The highest BCUT2D eigenvalue weighted by molar-refractivity contribution is 7.91. The Bertz CT molecular complexity index is 1130. The molecule has 2 aromatic rings. The number of amides is 4. The Hall–Kier alpha value is -3.20. The number of rotatable bonds is 7. The molecule has 9 heteroatoms. The number of imide groups is 1. The number of carbonyl (C=O) groups excluding carboxylic acids is 3. The maximum Gasteiger partial charge on any atom is 0.325 e. The molecule has 0 unspecified atom stereocenters. The van der Waals surface area contributed by atoms with Gasteiger partial charge >= 0.3 is 6.03 Å². The molecule has 8 nitrogen and oxygen atoms in total. The van der Waals surface area contributed by atoms with Crippen molar-refractivity contribution in [2.45, 2.75) is 37.3 Å². The molecule has 2 heterocycles. The molecule has 1 atom stereocenters. The van der Waals surface area contributed by atoms with Gasteiger partial charge in [-0.15, -0.1) is 0 Å². The third kappa shape index (κ3) is 5.08. The minimum Gasteiger partial charge on any atom is -0.348 e. The van der Waals surface area contributed by atoms with Crippen LogP contribution in [0.15, 0.2) is 60.7 Å². The van der Waals surface area contributed by atoms with E-state index in [4.69, 9.17) is 0 Å². The number of nitrogens with one attached hydrogen (secondary N) is 2. The predicted molar refractivity (Wildman–Crippen MR) is 123 cm³/mol. The van der Waals surface area contributed by atoms with Gasteiger partial charge in [-0.05, 0) is 24.5 Å². The van der Waals surface area contributed by atoms with Gasteiger partial charge in [-0.3, -0.25) is 14.5 Å². The average Bonchev–Trinajstić information content (AvgIpc) is 3.15. The summed E-state index contributed by atoms with van der Waals surface area (Å²) in [6.45, 7) is 1.20. The van der Waals surface area contributed by atoms with Crippen molar-refractivity contribution in [3.05, 3.63) is 71.8 Å². The molecule has 2 N–H and O–H groups in total. The highest BCUT2D eigenvalue weighted by Crippen LogP contribution is 2.28. The van der Waals surface area contributed by atoms with Crippen LogP contribution in [0.3, 0.4) is 0 Å². The first-order valence-electron chi connectivity index (χ1n) is 10.8. The summed E-state index contributed by atoms with van der Waals surface area (Å²) >= 11 is 0. The lowest BCUT2D eigenvalue weighted by atomic mass is 9.84. The minimum absolute atomic E-state index is 0.00414. The van der Waals surface area contributed by atoms with Crippen LogP contribution in [0.5, 0.6) is 0 Å². The normalized spacial score (nSPS) is 23.4. The van der Waals surface area contributed by atoms with Crippen LogP contribution in [0, 0.1) is 0 Å². The first-order valence-corrected chi connectivity index (χ1v) is 12.7. The summed E-state index contributed by atoms with van der Waals surface area (Å²) in [5.74, 6) is -1.19. The topological polar surface area (TPSA) is 113 Å². The van der Waals surface area contributed by atoms with Crippen LogP contribution in [-0.2, 0) is 32.3 Å². The molecule has 174 valence electrons. The summed E-state index contributed by atoms with van der Waals surface area (Å²) in [6.07, 6.45) is 0.857. The fourth-order valence-electron chi connectivity index (χ4n) is 4.64. The molecular weight excluding hydrogens is 442 g/mol. The van der Waals surface area contributed by atoms with E-state index >= 15 is 0 Å². The summed E-state index contributed by atoms with van der Waals surface area (Å²) < 4.78 is 23.7. The smallest absolute Gasteiger partial charge is 0.325 e. The molecule has 2 saturated heterocycles. The SMILES string of the molecule is C[C@]1(NC(=O)CN2C(=O)NC(Cc3ccccc3)(Cc3ccccc3)C2=O)CCS(=O)(=O)C1. The van der Waals surface area contributed by atoms with Gasteiger partial charge in [-0.2, -0.15) is 0 Å². The number of carbonyl (C=O) groups is 3. The maximum absolute atomic E-state index is 13.6. The highest BCUT2D eigenvalue weighted by atomic mass is 32.2. The van der Waals surface area contributed by atoms with Crippen molar-refractivity contribution in [2.75, 3.05) is 18.1 Å². The van der Waals surface area contributed by atoms with E-state index in [1.807, 2.05) is 60.7 Å². The van der Waals surface area contributed by atoms with Crippen molar-refractivity contribution < 1.29 is 22.8 Å². The van der Waals surface area contributed by atoms with Crippen LogP contribution in [0.4, 0.5) is 4.79 Å². The molecule has 2 fully saturated rings. The Balaban J connectivity index is 1.55. The van der Waals surface area contributed by atoms with E-state index in [-0.39, 0.29) is 24.3 Å². The van der Waals surface area contributed by atoms with Gasteiger partial charge in [-0.1, -0.05) is 60.7 Å². The molecule has 0 aromatic heterocycles. The maximum atomic E-state index is 13.6. The third-order valence-electron chi connectivity index (χ3n) is 6.19. The largest absolute Gasteiger partial charge is 0.348 e. The zero-order chi connectivity index (χ0) is 23.7. The number of hydrogen-bond acceptors (Lipinski definition) is 5. The van der Waals surface area contributed by atoms with E-state index < -0.39 is 45.3 Å². The summed E-state index contributed by atoms with van der Waals surface area (Å²) in [4.78, 5) is 40.1. The molecule has 4 rings (SSSR count). The minimum atomic E-state index is -3.21. The van der Waals surface area contributed by atoms with Crippen molar-refractivity contribution in [2.24, 2.45) is 0 Å². The standard InChI is InChI=1S/C24H27N3O5S/c1-23(12-13-33(31,32)17-23)25-20(28)16-27-21(29)24(26-22(27)30,14-18-8-4-2-5-9-18)15-19-10-6-3-7-11-19/h2-11H,12-17H2,1H3,(H,25,28)(H,26,30)/t23-/m0/s1. The molecule has 0 radical (unpaired) electrons. The van der Waals surface area contributed by atoms with Gasteiger partial charge in [0.2, 0.25) is 5.91 Å². The van der Waals surface area contributed by atoms with E-state index in [9.17, 15) is 22.8 Å². The van der Waals surface area contributed by atoms with E-state index in [0.717, 1.165) is 16.0 Å². The van der Waals surface area contributed by atoms with Gasteiger partial charge in [-0.25, -0.2) is 13.2 Å². The first kappa shape index (κ1) is 23.0. The van der Waals surface area contributed by atoms with E-state index in [1.54, 1.807) is 6.92 Å². The number of sulfone groups is 1. The van der Waals surface area contributed by atoms with Crippen LogP contribution in [0.25, 0.3) is 0 Å². The average molecular weight is 470 g/mol.